The van der Waals surface area contributed by atoms with Crippen molar-refractivity contribution in [2.24, 2.45) is 11.8 Å². The van der Waals surface area contributed by atoms with Gasteiger partial charge < -0.3 is 14.6 Å². The molecule has 0 amide bonds. The minimum Gasteiger partial charge on any atom is -0.393 e. The van der Waals surface area contributed by atoms with E-state index in [2.05, 4.69) is 13.8 Å². The van der Waals surface area contributed by atoms with Gasteiger partial charge >= 0.3 is 0 Å². The third kappa shape index (κ3) is 3.43. The third-order valence-electron chi connectivity index (χ3n) is 4.18. The van der Waals surface area contributed by atoms with Gasteiger partial charge in [0.15, 0.2) is 0 Å². The second kappa shape index (κ2) is 5.68. The lowest BCUT2D eigenvalue weighted by Crippen LogP contribution is -2.43. The van der Waals surface area contributed by atoms with E-state index in [-0.39, 0.29) is 11.7 Å². The van der Waals surface area contributed by atoms with Gasteiger partial charge in [-0.15, -0.1) is 0 Å². The highest BCUT2D eigenvalue weighted by Crippen LogP contribution is 2.37. The Bertz CT molecular complexity index is 234. The van der Waals surface area contributed by atoms with Gasteiger partial charge in [-0.3, -0.25) is 0 Å². The van der Waals surface area contributed by atoms with E-state index in [1.807, 2.05) is 0 Å². The summed E-state index contributed by atoms with van der Waals surface area (Å²) in [5, 5.41) is 10.3. The second-order valence-corrected chi connectivity index (χ2v) is 6.13. The van der Waals surface area contributed by atoms with E-state index in [4.69, 9.17) is 9.47 Å². The Morgan fingerprint density at radius 1 is 1.29 bits per heavy atom. The van der Waals surface area contributed by atoms with Crippen molar-refractivity contribution in [2.75, 3.05) is 19.8 Å². The number of hydrogen-bond donors (Lipinski definition) is 1. The maximum atomic E-state index is 10.3. The molecule has 3 atom stereocenters. The molecule has 1 N–H and O–H groups in total. The summed E-state index contributed by atoms with van der Waals surface area (Å²) in [6.07, 6.45) is 4.87. The fourth-order valence-electron chi connectivity index (χ4n) is 3.00. The van der Waals surface area contributed by atoms with Crippen molar-refractivity contribution in [3.63, 3.8) is 0 Å². The van der Waals surface area contributed by atoms with Crippen LogP contribution < -0.4 is 0 Å². The van der Waals surface area contributed by atoms with Crippen molar-refractivity contribution in [3.8, 4) is 0 Å². The standard InChI is InChI=1S/C14H26O3/c1-11(2)3-4-13(15)12-5-7-17-14(9-12)6-8-16-10-14/h11-13,15H,3-10H2,1-2H3. The lowest BCUT2D eigenvalue weighted by molar-refractivity contribution is -0.117. The summed E-state index contributed by atoms with van der Waals surface area (Å²) in [5.41, 5.74) is -0.0677. The number of aliphatic hydroxyl groups excluding tert-OH is 1. The largest absolute Gasteiger partial charge is 0.393 e. The van der Waals surface area contributed by atoms with Crippen LogP contribution in [0.5, 0.6) is 0 Å². The number of aliphatic hydroxyl groups is 1. The molecule has 0 aromatic carbocycles. The molecule has 100 valence electrons. The molecular formula is C14H26O3. The molecule has 3 nitrogen and oxygen atoms in total. The number of hydrogen-bond acceptors (Lipinski definition) is 3. The quantitative estimate of drug-likeness (QED) is 0.822. The zero-order valence-corrected chi connectivity index (χ0v) is 11.2. The molecular weight excluding hydrogens is 216 g/mol. The Kier molecular flexibility index (Phi) is 4.45. The summed E-state index contributed by atoms with van der Waals surface area (Å²) in [6, 6.07) is 0. The minimum absolute atomic E-state index is 0.0677. The van der Waals surface area contributed by atoms with Gasteiger partial charge in [-0.2, -0.15) is 0 Å². The van der Waals surface area contributed by atoms with Crippen LogP contribution in [-0.2, 0) is 9.47 Å². The van der Waals surface area contributed by atoms with Crippen LogP contribution in [0.15, 0.2) is 0 Å². The van der Waals surface area contributed by atoms with Crippen LogP contribution in [0.2, 0.25) is 0 Å². The van der Waals surface area contributed by atoms with Crippen LogP contribution in [0.3, 0.4) is 0 Å². The first-order valence-corrected chi connectivity index (χ1v) is 7.01. The second-order valence-electron chi connectivity index (χ2n) is 6.13. The Morgan fingerprint density at radius 2 is 2.12 bits per heavy atom. The molecule has 2 heterocycles. The van der Waals surface area contributed by atoms with E-state index in [1.54, 1.807) is 0 Å². The average Bonchev–Trinajstić information content (AvgIpc) is 2.74. The molecule has 17 heavy (non-hydrogen) atoms. The van der Waals surface area contributed by atoms with Crippen LogP contribution >= 0.6 is 0 Å². The molecule has 0 bridgehead atoms. The average molecular weight is 242 g/mol. The van der Waals surface area contributed by atoms with Gasteiger partial charge in [0.2, 0.25) is 0 Å². The summed E-state index contributed by atoms with van der Waals surface area (Å²) in [7, 11) is 0. The summed E-state index contributed by atoms with van der Waals surface area (Å²) in [5.74, 6) is 1.08. The third-order valence-corrected chi connectivity index (χ3v) is 4.18. The summed E-state index contributed by atoms with van der Waals surface area (Å²) in [4.78, 5) is 0. The Hall–Kier alpha value is -0.120. The Balaban J connectivity index is 1.84. The smallest absolute Gasteiger partial charge is 0.0940 e. The first-order chi connectivity index (χ1) is 8.11. The molecule has 0 aromatic heterocycles. The molecule has 2 aliphatic rings. The van der Waals surface area contributed by atoms with E-state index < -0.39 is 0 Å². The van der Waals surface area contributed by atoms with E-state index >= 15 is 0 Å². The van der Waals surface area contributed by atoms with E-state index in [1.165, 1.54) is 0 Å². The fraction of sp³-hybridized carbons (Fsp3) is 1.00. The molecule has 2 saturated heterocycles. The first kappa shape index (κ1) is 13.3. The summed E-state index contributed by atoms with van der Waals surface area (Å²) in [6.45, 7) is 6.74. The highest BCUT2D eigenvalue weighted by atomic mass is 16.6. The van der Waals surface area contributed by atoms with Gasteiger partial charge in [-0.05, 0) is 37.5 Å². The van der Waals surface area contributed by atoms with E-state index in [0.717, 1.165) is 51.9 Å². The van der Waals surface area contributed by atoms with Crippen LogP contribution in [0, 0.1) is 11.8 Å². The van der Waals surface area contributed by atoms with Crippen LogP contribution in [-0.4, -0.2) is 36.6 Å². The molecule has 3 unspecified atom stereocenters. The maximum Gasteiger partial charge on any atom is 0.0940 e. The van der Waals surface area contributed by atoms with E-state index in [0.29, 0.717) is 11.8 Å². The zero-order chi connectivity index (χ0) is 12.3. The van der Waals surface area contributed by atoms with Crippen molar-refractivity contribution in [2.45, 2.75) is 57.7 Å². The SMILES string of the molecule is CC(C)CCC(O)C1CCOC2(CCOC2)C1. The van der Waals surface area contributed by atoms with Gasteiger partial charge in [0.05, 0.1) is 18.3 Å². The molecule has 3 heteroatoms. The van der Waals surface area contributed by atoms with Crippen LogP contribution in [0.1, 0.15) is 46.0 Å². The predicted octanol–water partition coefficient (Wildman–Crippen LogP) is 2.37. The summed E-state index contributed by atoms with van der Waals surface area (Å²) < 4.78 is 11.4. The molecule has 1 spiro atoms. The molecule has 0 radical (unpaired) electrons. The highest BCUT2D eigenvalue weighted by Gasteiger charge is 2.42. The molecule has 2 fully saturated rings. The van der Waals surface area contributed by atoms with Crippen LogP contribution in [0.4, 0.5) is 0 Å². The first-order valence-electron chi connectivity index (χ1n) is 7.01. The van der Waals surface area contributed by atoms with Crippen molar-refractivity contribution in [1.82, 2.24) is 0 Å². The highest BCUT2D eigenvalue weighted by molar-refractivity contribution is 4.92. The Labute approximate surface area is 104 Å². The van der Waals surface area contributed by atoms with Crippen LogP contribution in [0.25, 0.3) is 0 Å². The van der Waals surface area contributed by atoms with Gasteiger partial charge in [0, 0.05) is 19.6 Å². The molecule has 2 rings (SSSR count). The van der Waals surface area contributed by atoms with Crippen molar-refractivity contribution >= 4 is 0 Å². The fourth-order valence-corrected chi connectivity index (χ4v) is 3.00. The maximum absolute atomic E-state index is 10.3. The normalized spacial score (nSPS) is 35.6. The molecule has 2 aliphatic heterocycles. The minimum atomic E-state index is -0.154. The van der Waals surface area contributed by atoms with E-state index in [9.17, 15) is 5.11 Å². The lowest BCUT2D eigenvalue weighted by Gasteiger charge is -2.39. The topological polar surface area (TPSA) is 38.7 Å². The summed E-state index contributed by atoms with van der Waals surface area (Å²) >= 11 is 0. The monoisotopic (exact) mass is 242 g/mol. The molecule has 0 aromatic rings. The van der Waals surface area contributed by atoms with Crippen molar-refractivity contribution in [3.05, 3.63) is 0 Å². The Morgan fingerprint density at radius 3 is 2.76 bits per heavy atom. The van der Waals surface area contributed by atoms with Gasteiger partial charge in [0.1, 0.15) is 0 Å². The van der Waals surface area contributed by atoms with Gasteiger partial charge in [-0.1, -0.05) is 13.8 Å². The number of ether oxygens (including phenoxy) is 2. The van der Waals surface area contributed by atoms with Crippen molar-refractivity contribution in [1.29, 1.82) is 0 Å². The molecule has 0 aliphatic carbocycles. The zero-order valence-electron chi connectivity index (χ0n) is 11.2. The number of rotatable bonds is 4. The van der Waals surface area contributed by atoms with Crippen molar-refractivity contribution < 1.29 is 14.6 Å². The van der Waals surface area contributed by atoms with Gasteiger partial charge in [0.25, 0.3) is 0 Å². The lowest BCUT2D eigenvalue weighted by atomic mass is 9.80. The van der Waals surface area contributed by atoms with Gasteiger partial charge in [-0.25, -0.2) is 0 Å². The predicted molar refractivity (Wildman–Crippen MR) is 66.9 cm³/mol. The molecule has 0 saturated carbocycles.